The smallest absolute Gasteiger partial charge is 0.193 e. The van der Waals surface area contributed by atoms with Crippen LogP contribution in [0.1, 0.15) is 5.69 Å². The van der Waals surface area contributed by atoms with Crippen molar-refractivity contribution in [3.8, 4) is 0 Å². The summed E-state index contributed by atoms with van der Waals surface area (Å²) in [7, 11) is 0. The quantitative estimate of drug-likeness (QED) is 0.624. The molecule has 7 heteroatoms. The Morgan fingerprint density at radius 2 is 2.25 bits per heavy atom. The van der Waals surface area contributed by atoms with Gasteiger partial charge in [0.1, 0.15) is 12.1 Å². The maximum atomic E-state index is 4.53. The summed E-state index contributed by atoms with van der Waals surface area (Å²) >= 11 is 1.62. The molecule has 0 fully saturated rings. The van der Waals surface area contributed by atoms with Gasteiger partial charge in [-0.25, -0.2) is 19.9 Å². The maximum absolute atomic E-state index is 4.53. The first-order valence-corrected chi connectivity index (χ1v) is 6.99. The summed E-state index contributed by atoms with van der Waals surface area (Å²) in [6.07, 6.45) is 7.26. The number of aromatic nitrogens is 5. The molecule has 0 saturated carbocycles. The minimum Gasteiger partial charge on any atom is -0.364 e. The molecule has 4 rings (SSSR count). The topological polar surface area (TPSA) is 68.0 Å². The summed E-state index contributed by atoms with van der Waals surface area (Å²) in [5, 5.41) is 6.22. The molecule has 4 heterocycles. The molecule has 0 aliphatic carbocycles. The van der Waals surface area contributed by atoms with Gasteiger partial charge in [0.25, 0.3) is 0 Å². The van der Waals surface area contributed by atoms with Crippen LogP contribution in [0.25, 0.3) is 16.0 Å². The monoisotopic (exact) mass is 282 g/mol. The number of thiazole rings is 1. The van der Waals surface area contributed by atoms with Crippen LogP contribution in [-0.2, 0) is 6.54 Å². The second-order valence-electron chi connectivity index (χ2n) is 4.28. The molecule has 0 atom stereocenters. The first kappa shape index (κ1) is 11.3. The lowest BCUT2D eigenvalue weighted by Crippen LogP contribution is -2.03. The van der Waals surface area contributed by atoms with Crippen molar-refractivity contribution >= 4 is 33.1 Å². The van der Waals surface area contributed by atoms with Crippen LogP contribution in [0, 0.1) is 0 Å². The van der Waals surface area contributed by atoms with E-state index in [0.717, 1.165) is 21.9 Å². The average Bonchev–Trinajstić information content (AvgIpc) is 3.06. The SMILES string of the molecule is c1cnc2ncnc(NCc3cn4ccsc4n3)c2c1. The van der Waals surface area contributed by atoms with Gasteiger partial charge >= 0.3 is 0 Å². The van der Waals surface area contributed by atoms with Crippen molar-refractivity contribution in [2.24, 2.45) is 0 Å². The zero-order valence-electron chi connectivity index (χ0n) is 10.4. The molecule has 6 nitrogen and oxygen atoms in total. The number of hydrogen-bond donors (Lipinski definition) is 1. The van der Waals surface area contributed by atoms with E-state index in [4.69, 9.17) is 0 Å². The van der Waals surface area contributed by atoms with E-state index in [1.54, 1.807) is 17.5 Å². The molecule has 0 aliphatic heterocycles. The van der Waals surface area contributed by atoms with Gasteiger partial charge in [0, 0.05) is 24.0 Å². The molecule has 98 valence electrons. The number of fused-ring (bicyclic) bond motifs is 2. The third kappa shape index (κ3) is 1.88. The molecule has 4 aromatic rings. The molecule has 4 aromatic heterocycles. The fourth-order valence-electron chi connectivity index (χ4n) is 2.07. The first-order chi connectivity index (χ1) is 9.90. The van der Waals surface area contributed by atoms with Gasteiger partial charge in [0.05, 0.1) is 17.6 Å². The summed E-state index contributed by atoms with van der Waals surface area (Å²) in [4.78, 5) is 18.2. The molecule has 0 bridgehead atoms. The van der Waals surface area contributed by atoms with Crippen molar-refractivity contribution < 1.29 is 0 Å². The summed E-state index contributed by atoms with van der Waals surface area (Å²) in [5.74, 6) is 0.777. The third-order valence-electron chi connectivity index (χ3n) is 2.99. The van der Waals surface area contributed by atoms with Crippen LogP contribution in [0.2, 0.25) is 0 Å². The molecule has 20 heavy (non-hydrogen) atoms. The second kappa shape index (κ2) is 4.53. The van der Waals surface area contributed by atoms with Crippen LogP contribution in [-0.4, -0.2) is 24.3 Å². The lowest BCUT2D eigenvalue weighted by Gasteiger charge is -2.05. The number of nitrogens with zero attached hydrogens (tertiary/aromatic N) is 5. The van der Waals surface area contributed by atoms with Crippen molar-refractivity contribution in [3.05, 3.63) is 48.1 Å². The van der Waals surface area contributed by atoms with Crippen LogP contribution in [0.4, 0.5) is 5.82 Å². The molecule has 0 aliphatic rings. The highest BCUT2D eigenvalue weighted by Gasteiger charge is 2.06. The lowest BCUT2D eigenvalue weighted by molar-refractivity contribution is 1.05. The molecule has 0 unspecified atom stereocenters. The summed E-state index contributed by atoms with van der Waals surface area (Å²) in [5.41, 5.74) is 1.67. The highest BCUT2D eigenvalue weighted by Crippen LogP contribution is 2.18. The Kier molecular flexibility index (Phi) is 2.56. The van der Waals surface area contributed by atoms with E-state index in [-0.39, 0.29) is 0 Å². The molecular formula is C13H10N6S. The normalized spacial score (nSPS) is 11.2. The molecule has 1 N–H and O–H groups in total. The standard InChI is InChI=1S/C13H10N6S/c1-2-10-11(14-3-1)16-8-17-12(10)15-6-9-7-19-4-5-20-13(19)18-9/h1-5,7-8H,6H2,(H,14,15,16,17). The minimum absolute atomic E-state index is 0.620. The number of hydrogen-bond acceptors (Lipinski definition) is 6. The Labute approximate surface area is 118 Å². The van der Waals surface area contributed by atoms with Crippen LogP contribution in [0.5, 0.6) is 0 Å². The molecule has 0 aromatic carbocycles. The number of nitrogens with one attached hydrogen (secondary N) is 1. The second-order valence-corrected chi connectivity index (χ2v) is 5.15. The van der Waals surface area contributed by atoms with E-state index >= 15 is 0 Å². The largest absolute Gasteiger partial charge is 0.364 e. The van der Waals surface area contributed by atoms with E-state index in [2.05, 4.69) is 25.3 Å². The fourth-order valence-corrected chi connectivity index (χ4v) is 2.79. The first-order valence-electron chi connectivity index (χ1n) is 6.11. The van der Waals surface area contributed by atoms with Crippen LogP contribution in [0.15, 0.2) is 42.4 Å². The maximum Gasteiger partial charge on any atom is 0.193 e. The Bertz CT molecular complexity index is 847. The number of anilines is 1. The average molecular weight is 282 g/mol. The zero-order valence-corrected chi connectivity index (χ0v) is 11.2. The van der Waals surface area contributed by atoms with Crippen molar-refractivity contribution in [1.29, 1.82) is 0 Å². The van der Waals surface area contributed by atoms with Gasteiger partial charge in [-0.3, -0.25) is 4.40 Å². The lowest BCUT2D eigenvalue weighted by atomic mass is 10.3. The molecule has 0 radical (unpaired) electrons. The Hall–Kier alpha value is -2.54. The van der Waals surface area contributed by atoms with Gasteiger partial charge in [-0.05, 0) is 12.1 Å². The van der Waals surface area contributed by atoms with Gasteiger partial charge < -0.3 is 5.32 Å². The van der Waals surface area contributed by atoms with Crippen molar-refractivity contribution in [1.82, 2.24) is 24.3 Å². The van der Waals surface area contributed by atoms with Crippen molar-refractivity contribution in [2.45, 2.75) is 6.54 Å². The summed E-state index contributed by atoms with van der Waals surface area (Å²) < 4.78 is 2.02. The van der Waals surface area contributed by atoms with E-state index < -0.39 is 0 Å². The number of imidazole rings is 1. The van der Waals surface area contributed by atoms with Crippen LogP contribution in [0.3, 0.4) is 0 Å². The van der Waals surface area contributed by atoms with Gasteiger partial charge in [0.2, 0.25) is 0 Å². The Morgan fingerprint density at radius 1 is 1.25 bits per heavy atom. The Morgan fingerprint density at radius 3 is 3.20 bits per heavy atom. The number of pyridine rings is 1. The molecule has 0 spiro atoms. The fraction of sp³-hybridized carbons (Fsp3) is 0.0769. The van der Waals surface area contributed by atoms with Crippen molar-refractivity contribution in [3.63, 3.8) is 0 Å². The van der Waals surface area contributed by atoms with E-state index in [1.165, 1.54) is 6.33 Å². The zero-order chi connectivity index (χ0) is 13.4. The van der Waals surface area contributed by atoms with Crippen LogP contribution >= 0.6 is 11.3 Å². The minimum atomic E-state index is 0.620. The van der Waals surface area contributed by atoms with E-state index in [0.29, 0.717) is 12.2 Å². The van der Waals surface area contributed by atoms with E-state index in [9.17, 15) is 0 Å². The van der Waals surface area contributed by atoms with Gasteiger partial charge in [-0.2, -0.15) is 0 Å². The van der Waals surface area contributed by atoms with Crippen molar-refractivity contribution in [2.75, 3.05) is 5.32 Å². The van der Waals surface area contributed by atoms with Gasteiger partial charge in [-0.15, -0.1) is 11.3 Å². The molecule has 0 saturated heterocycles. The predicted octanol–water partition coefficient (Wildman–Crippen LogP) is 2.35. The number of rotatable bonds is 3. The highest BCUT2D eigenvalue weighted by atomic mass is 32.1. The van der Waals surface area contributed by atoms with E-state index in [1.807, 2.05) is 34.3 Å². The van der Waals surface area contributed by atoms with Gasteiger partial charge in [-0.1, -0.05) is 0 Å². The summed E-state index contributed by atoms with van der Waals surface area (Å²) in [6, 6.07) is 3.83. The molecular weight excluding hydrogens is 272 g/mol. The van der Waals surface area contributed by atoms with Gasteiger partial charge in [0.15, 0.2) is 10.6 Å². The van der Waals surface area contributed by atoms with Crippen LogP contribution < -0.4 is 5.32 Å². The molecule has 0 amide bonds. The predicted molar refractivity (Wildman–Crippen MR) is 77.7 cm³/mol. The summed E-state index contributed by atoms with van der Waals surface area (Å²) in [6.45, 7) is 0.620. The highest BCUT2D eigenvalue weighted by molar-refractivity contribution is 7.15. The Balaban J connectivity index is 1.63. The third-order valence-corrected chi connectivity index (χ3v) is 3.76.